The van der Waals surface area contributed by atoms with Crippen molar-refractivity contribution < 1.29 is 27.5 Å². The van der Waals surface area contributed by atoms with Gasteiger partial charge in [0.2, 0.25) is 10.0 Å². The Kier molecular flexibility index (Phi) is 7.00. The number of nitrogens with zero attached hydrogens (tertiary/aromatic N) is 4. The average Bonchev–Trinajstić information content (AvgIpc) is 2.70. The van der Waals surface area contributed by atoms with Crippen molar-refractivity contribution in [2.24, 2.45) is 11.0 Å². The molecule has 28 heavy (non-hydrogen) atoms. The summed E-state index contributed by atoms with van der Waals surface area (Å²) < 4.78 is 37.0. The lowest BCUT2D eigenvalue weighted by Crippen LogP contribution is -2.58. The first-order valence-corrected chi connectivity index (χ1v) is 9.97. The van der Waals surface area contributed by atoms with Crippen molar-refractivity contribution >= 4 is 22.0 Å². The summed E-state index contributed by atoms with van der Waals surface area (Å²) >= 11 is 0. The van der Waals surface area contributed by atoms with E-state index in [2.05, 4.69) is 10.0 Å². The fourth-order valence-corrected chi connectivity index (χ4v) is 5.03. The van der Waals surface area contributed by atoms with Gasteiger partial charge in [0.05, 0.1) is 19.1 Å². The van der Waals surface area contributed by atoms with Crippen molar-refractivity contribution in [3.8, 4) is 0 Å². The topological polar surface area (TPSA) is 139 Å². The van der Waals surface area contributed by atoms with E-state index in [1.807, 2.05) is 6.92 Å². The van der Waals surface area contributed by atoms with Gasteiger partial charge in [0.15, 0.2) is 0 Å². The van der Waals surface area contributed by atoms with Crippen LogP contribution in [0.1, 0.15) is 18.4 Å². The van der Waals surface area contributed by atoms with Gasteiger partial charge in [-0.1, -0.05) is 22.8 Å². The van der Waals surface area contributed by atoms with E-state index in [1.54, 1.807) is 12.1 Å². The Morgan fingerprint density at radius 1 is 1.14 bits per heavy atom. The normalized spacial score (nSPS) is 22.8. The number of sulfonamides is 1. The Hall–Kier alpha value is -2.62. The maximum absolute atomic E-state index is 13.3. The van der Waals surface area contributed by atoms with E-state index in [4.69, 9.17) is 15.0 Å². The predicted molar refractivity (Wildman–Crippen MR) is 98.5 cm³/mol. The minimum absolute atomic E-state index is 0.0237. The molecule has 152 valence electrons. The monoisotopic (exact) mass is 410 g/mol. The molecule has 11 heteroatoms. The van der Waals surface area contributed by atoms with Crippen LogP contribution in [-0.4, -0.2) is 57.5 Å². The highest BCUT2D eigenvalue weighted by atomic mass is 32.2. The molecule has 1 aliphatic heterocycles. The van der Waals surface area contributed by atoms with Crippen LogP contribution < -0.4 is 0 Å². The Bertz CT molecular complexity index is 853. The van der Waals surface area contributed by atoms with Crippen LogP contribution in [0, 0.1) is 12.8 Å². The van der Waals surface area contributed by atoms with Crippen LogP contribution in [0.2, 0.25) is 0 Å². The SMILES string of the molecule is COC(=O)[C@H]1C[C@H](CN=[N+]=[N-])C[C@@H](C(=O)OC)N1S(=O)(=O)c1ccc(C)cc1. The number of hydrogen-bond acceptors (Lipinski definition) is 7. The summed E-state index contributed by atoms with van der Waals surface area (Å²) in [4.78, 5) is 27.5. The molecule has 0 radical (unpaired) electrons. The largest absolute Gasteiger partial charge is 0.468 e. The number of carbonyl (C=O) groups is 2. The third-order valence-corrected chi connectivity index (χ3v) is 6.61. The van der Waals surface area contributed by atoms with Crippen LogP contribution in [0.25, 0.3) is 10.4 Å². The zero-order chi connectivity index (χ0) is 20.9. The fraction of sp³-hybridized carbons (Fsp3) is 0.529. The number of azide groups is 1. The number of benzene rings is 1. The Balaban J connectivity index is 2.56. The summed E-state index contributed by atoms with van der Waals surface area (Å²) in [5, 5.41) is 3.50. The lowest BCUT2D eigenvalue weighted by Gasteiger charge is -2.41. The summed E-state index contributed by atoms with van der Waals surface area (Å²) in [6.45, 7) is 1.84. The Morgan fingerprint density at radius 3 is 2.07 bits per heavy atom. The average molecular weight is 410 g/mol. The highest BCUT2D eigenvalue weighted by Gasteiger charge is 2.49. The summed E-state index contributed by atoms with van der Waals surface area (Å²) in [5.74, 6) is -1.97. The van der Waals surface area contributed by atoms with E-state index in [9.17, 15) is 18.0 Å². The molecule has 3 atom stereocenters. The van der Waals surface area contributed by atoms with Gasteiger partial charge < -0.3 is 9.47 Å². The molecule has 1 aromatic carbocycles. The van der Waals surface area contributed by atoms with Gasteiger partial charge >= 0.3 is 11.9 Å². The Labute approximate surface area is 163 Å². The molecule has 1 heterocycles. The molecule has 1 aliphatic rings. The van der Waals surface area contributed by atoms with Crippen LogP contribution >= 0.6 is 0 Å². The van der Waals surface area contributed by atoms with Gasteiger partial charge in [0.1, 0.15) is 12.1 Å². The third-order valence-electron chi connectivity index (χ3n) is 4.67. The smallest absolute Gasteiger partial charge is 0.324 e. The molecule has 1 saturated heterocycles. The van der Waals surface area contributed by atoms with E-state index in [0.29, 0.717) is 0 Å². The maximum atomic E-state index is 13.3. The number of carbonyl (C=O) groups excluding carboxylic acids is 2. The molecule has 1 aromatic rings. The van der Waals surface area contributed by atoms with E-state index < -0.39 is 34.0 Å². The molecule has 0 aromatic heterocycles. The fourth-order valence-electron chi connectivity index (χ4n) is 3.29. The highest BCUT2D eigenvalue weighted by Crippen LogP contribution is 2.34. The van der Waals surface area contributed by atoms with Gasteiger partial charge in [-0.2, -0.15) is 4.31 Å². The molecule has 1 fully saturated rings. The van der Waals surface area contributed by atoms with Crippen LogP contribution in [0.4, 0.5) is 0 Å². The second-order valence-electron chi connectivity index (χ2n) is 6.48. The van der Waals surface area contributed by atoms with Crippen molar-refractivity contribution in [3.63, 3.8) is 0 Å². The number of rotatable bonds is 6. The summed E-state index contributed by atoms with van der Waals surface area (Å²) in [5.41, 5.74) is 9.42. The first-order chi connectivity index (χ1) is 13.3. The van der Waals surface area contributed by atoms with E-state index in [-0.39, 0.29) is 30.2 Å². The van der Waals surface area contributed by atoms with Crippen molar-refractivity contribution in [3.05, 3.63) is 40.3 Å². The number of piperidine rings is 1. The lowest BCUT2D eigenvalue weighted by molar-refractivity contribution is -0.154. The Morgan fingerprint density at radius 2 is 1.64 bits per heavy atom. The third kappa shape index (κ3) is 4.44. The first kappa shape index (κ1) is 21.7. The van der Waals surface area contributed by atoms with Gasteiger partial charge in [-0.05, 0) is 43.3 Å². The molecular weight excluding hydrogens is 388 g/mol. The van der Waals surface area contributed by atoms with Gasteiger partial charge in [-0.25, -0.2) is 8.42 Å². The molecule has 2 rings (SSSR count). The lowest BCUT2D eigenvalue weighted by atomic mass is 9.87. The zero-order valence-electron chi connectivity index (χ0n) is 15.8. The number of hydrogen-bond donors (Lipinski definition) is 0. The molecule has 10 nitrogen and oxygen atoms in total. The van der Waals surface area contributed by atoms with Gasteiger partial charge in [0.25, 0.3) is 0 Å². The van der Waals surface area contributed by atoms with Gasteiger partial charge in [-0.15, -0.1) is 0 Å². The molecule has 0 spiro atoms. The molecule has 0 N–H and O–H groups in total. The quantitative estimate of drug-likeness (QED) is 0.303. The van der Waals surface area contributed by atoms with E-state index in [0.717, 1.165) is 24.1 Å². The van der Waals surface area contributed by atoms with Crippen LogP contribution in [0.5, 0.6) is 0 Å². The molecule has 0 amide bonds. The summed E-state index contributed by atoms with van der Waals surface area (Å²) in [7, 11) is -1.92. The van der Waals surface area contributed by atoms with Crippen molar-refractivity contribution in [2.75, 3.05) is 20.8 Å². The minimum Gasteiger partial charge on any atom is -0.468 e. The molecular formula is C17H22N4O6S. The predicted octanol–water partition coefficient (Wildman–Crippen LogP) is 1.79. The maximum Gasteiger partial charge on any atom is 0.324 e. The van der Waals surface area contributed by atoms with Gasteiger partial charge in [-0.3, -0.25) is 9.59 Å². The van der Waals surface area contributed by atoms with E-state index >= 15 is 0 Å². The second kappa shape index (κ2) is 9.05. The van der Waals surface area contributed by atoms with Crippen molar-refractivity contribution in [2.45, 2.75) is 36.7 Å². The highest BCUT2D eigenvalue weighted by molar-refractivity contribution is 7.89. The summed E-state index contributed by atoms with van der Waals surface area (Å²) in [6.07, 6.45) is 0.120. The molecule has 0 saturated carbocycles. The van der Waals surface area contributed by atoms with Gasteiger partial charge in [0, 0.05) is 11.5 Å². The van der Waals surface area contributed by atoms with Crippen molar-refractivity contribution in [1.82, 2.24) is 4.31 Å². The minimum atomic E-state index is -4.20. The molecule has 0 aliphatic carbocycles. The zero-order valence-corrected chi connectivity index (χ0v) is 16.6. The van der Waals surface area contributed by atoms with Crippen LogP contribution in [0.3, 0.4) is 0 Å². The van der Waals surface area contributed by atoms with Crippen molar-refractivity contribution in [1.29, 1.82) is 0 Å². The standard InChI is InChI=1S/C17H22N4O6S/c1-11-4-6-13(7-5-11)28(24,25)21-14(16(22)26-2)8-12(10-19-20-18)9-15(21)17(23)27-3/h4-7,12,14-15H,8-10H2,1-3H3/t12-,14+,15-. The number of esters is 2. The number of methoxy groups -OCH3 is 2. The van der Waals surface area contributed by atoms with Crippen LogP contribution in [0.15, 0.2) is 34.3 Å². The molecule has 0 bridgehead atoms. The van der Waals surface area contributed by atoms with E-state index in [1.165, 1.54) is 12.1 Å². The number of aryl methyl sites for hydroxylation is 1. The second-order valence-corrected chi connectivity index (χ2v) is 8.32. The first-order valence-electron chi connectivity index (χ1n) is 8.53. The number of ether oxygens (including phenoxy) is 2. The van der Waals surface area contributed by atoms with Crippen LogP contribution in [-0.2, 0) is 29.1 Å². The summed E-state index contributed by atoms with van der Waals surface area (Å²) in [6, 6.07) is 3.60. The molecule has 0 unspecified atom stereocenters.